The van der Waals surface area contributed by atoms with Gasteiger partial charge in [-0.3, -0.25) is 4.79 Å². The van der Waals surface area contributed by atoms with Gasteiger partial charge in [-0.15, -0.1) is 0 Å². The van der Waals surface area contributed by atoms with Gasteiger partial charge in [0.1, 0.15) is 0 Å². The second kappa shape index (κ2) is 9.49. The Morgan fingerprint density at radius 1 is 1.21 bits per heavy atom. The van der Waals surface area contributed by atoms with Crippen molar-refractivity contribution in [1.82, 2.24) is 5.32 Å². The Kier molecular flexibility index (Phi) is 7.81. The first-order valence-corrected chi connectivity index (χ1v) is 6.42. The molecule has 3 N–H and O–H groups in total. The average Bonchev–Trinajstić information content (AvgIpc) is 2.46. The van der Waals surface area contributed by atoms with E-state index in [0.717, 1.165) is 12.0 Å². The van der Waals surface area contributed by atoms with Crippen LogP contribution in [0.2, 0.25) is 0 Å². The fourth-order valence-corrected chi connectivity index (χ4v) is 1.51. The van der Waals surface area contributed by atoms with Gasteiger partial charge >= 0.3 is 0 Å². The minimum atomic E-state index is -0.0690. The van der Waals surface area contributed by atoms with Crippen molar-refractivity contribution in [3.8, 4) is 0 Å². The van der Waals surface area contributed by atoms with Crippen LogP contribution in [0, 0.1) is 0 Å². The van der Waals surface area contributed by atoms with E-state index >= 15 is 0 Å². The fraction of sp³-hybridized carbons (Fsp3) is 0.500. The first-order chi connectivity index (χ1) is 9.27. The van der Waals surface area contributed by atoms with E-state index in [9.17, 15) is 4.79 Å². The van der Waals surface area contributed by atoms with E-state index in [1.807, 2.05) is 12.1 Å². The van der Waals surface area contributed by atoms with E-state index in [1.165, 1.54) is 0 Å². The van der Waals surface area contributed by atoms with E-state index in [1.54, 1.807) is 19.2 Å². The SMILES string of the molecule is COCCOCCCNC(=O)c1ccc(CN)cc1. The molecule has 0 bridgehead atoms. The van der Waals surface area contributed by atoms with E-state index < -0.39 is 0 Å². The molecule has 1 rings (SSSR count). The van der Waals surface area contributed by atoms with Crippen LogP contribution in [0.5, 0.6) is 0 Å². The van der Waals surface area contributed by atoms with Gasteiger partial charge in [-0.25, -0.2) is 0 Å². The van der Waals surface area contributed by atoms with Gasteiger partial charge in [0, 0.05) is 32.4 Å². The Labute approximate surface area is 114 Å². The maximum absolute atomic E-state index is 11.8. The smallest absolute Gasteiger partial charge is 0.251 e. The molecule has 5 nitrogen and oxygen atoms in total. The molecule has 5 heteroatoms. The molecule has 0 aliphatic carbocycles. The lowest BCUT2D eigenvalue weighted by molar-refractivity contribution is 0.0688. The third-order valence-electron chi connectivity index (χ3n) is 2.63. The van der Waals surface area contributed by atoms with Crippen LogP contribution in [0.1, 0.15) is 22.3 Å². The van der Waals surface area contributed by atoms with Crippen LogP contribution in [0.4, 0.5) is 0 Å². The van der Waals surface area contributed by atoms with E-state index in [2.05, 4.69) is 5.32 Å². The molecule has 0 saturated heterocycles. The van der Waals surface area contributed by atoms with Gasteiger partial charge in [-0.2, -0.15) is 0 Å². The topological polar surface area (TPSA) is 73.6 Å². The fourth-order valence-electron chi connectivity index (χ4n) is 1.51. The number of nitrogens with two attached hydrogens (primary N) is 1. The zero-order valence-electron chi connectivity index (χ0n) is 11.4. The van der Waals surface area contributed by atoms with Gasteiger partial charge in [0.15, 0.2) is 0 Å². The molecule has 19 heavy (non-hydrogen) atoms. The number of methoxy groups -OCH3 is 1. The lowest BCUT2D eigenvalue weighted by Crippen LogP contribution is -2.25. The summed E-state index contributed by atoms with van der Waals surface area (Å²) < 4.78 is 10.2. The zero-order valence-corrected chi connectivity index (χ0v) is 11.4. The van der Waals surface area contributed by atoms with E-state index in [0.29, 0.717) is 38.5 Å². The summed E-state index contributed by atoms with van der Waals surface area (Å²) in [5.41, 5.74) is 7.17. The van der Waals surface area contributed by atoms with E-state index in [-0.39, 0.29) is 5.91 Å². The normalized spacial score (nSPS) is 10.4. The van der Waals surface area contributed by atoms with Crippen LogP contribution in [0.25, 0.3) is 0 Å². The summed E-state index contributed by atoms with van der Waals surface area (Å²) in [4.78, 5) is 11.8. The van der Waals surface area contributed by atoms with Crippen molar-refractivity contribution in [2.75, 3.05) is 33.5 Å². The molecule has 1 aromatic carbocycles. The molecular weight excluding hydrogens is 244 g/mol. The quantitative estimate of drug-likeness (QED) is 0.652. The summed E-state index contributed by atoms with van der Waals surface area (Å²) in [6.45, 7) is 2.89. The predicted molar refractivity (Wildman–Crippen MR) is 74.0 cm³/mol. The van der Waals surface area contributed by atoms with Gasteiger partial charge < -0.3 is 20.5 Å². The molecule has 106 valence electrons. The average molecular weight is 266 g/mol. The van der Waals surface area contributed by atoms with Gasteiger partial charge in [-0.05, 0) is 24.1 Å². The van der Waals surface area contributed by atoms with Crippen molar-refractivity contribution in [3.05, 3.63) is 35.4 Å². The Morgan fingerprint density at radius 3 is 2.58 bits per heavy atom. The van der Waals surface area contributed by atoms with Crippen LogP contribution in [0.15, 0.2) is 24.3 Å². The number of ether oxygens (including phenoxy) is 2. The highest BCUT2D eigenvalue weighted by atomic mass is 16.5. The molecule has 0 heterocycles. The van der Waals surface area contributed by atoms with Gasteiger partial charge in [0.25, 0.3) is 5.91 Å². The van der Waals surface area contributed by atoms with Crippen molar-refractivity contribution < 1.29 is 14.3 Å². The minimum absolute atomic E-state index is 0.0690. The molecule has 0 aliphatic rings. The van der Waals surface area contributed by atoms with Crippen LogP contribution in [-0.2, 0) is 16.0 Å². The molecule has 0 fully saturated rings. The number of carbonyl (C=O) groups excluding carboxylic acids is 1. The molecule has 0 unspecified atom stereocenters. The maximum Gasteiger partial charge on any atom is 0.251 e. The number of hydrogen-bond acceptors (Lipinski definition) is 4. The third-order valence-corrected chi connectivity index (χ3v) is 2.63. The van der Waals surface area contributed by atoms with Gasteiger partial charge in [-0.1, -0.05) is 12.1 Å². The number of rotatable bonds is 9. The monoisotopic (exact) mass is 266 g/mol. The highest BCUT2D eigenvalue weighted by Gasteiger charge is 2.03. The molecule has 0 aromatic heterocycles. The van der Waals surface area contributed by atoms with Crippen molar-refractivity contribution in [1.29, 1.82) is 0 Å². The molecule has 0 saturated carbocycles. The Bertz CT molecular complexity index is 365. The second-order valence-corrected chi connectivity index (χ2v) is 4.12. The first-order valence-electron chi connectivity index (χ1n) is 6.42. The molecular formula is C14H22N2O3. The minimum Gasteiger partial charge on any atom is -0.382 e. The summed E-state index contributed by atoms with van der Waals surface area (Å²) in [6.07, 6.45) is 0.788. The summed E-state index contributed by atoms with van der Waals surface area (Å²) in [7, 11) is 1.64. The second-order valence-electron chi connectivity index (χ2n) is 4.12. The number of carbonyl (C=O) groups is 1. The maximum atomic E-state index is 11.8. The molecule has 0 radical (unpaired) electrons. The largest absolute Gasteiger partial charge is 0.382 e. The number of hydrogen-bond donors (Lipinski definition) is 2. The first kappa shape index (κ1) is 15.6. The van der Waals surface area contributed by atoms with Crippen molar-refractivity contribution in [2.24, 2.45) is 5.73 Å². The summed E-state index contributed by atoms with van der Waals surface area (Å²) >= 11 is 0. The van der Waals surface area contributed by atoms with Crippen molar-refractivity contribution in [3.63, 3.8) is 0 Å². The number of amides is 1. The van der Waals surface area contributed by atoms with Crippen LogP contribution >= 0.6 is 0 Å². The number of benzene rings is 1. The Morgan fingerprint density at radius 2 is 1.95 bits per heavy atom. The van der Waals surface area contributed by atoms with Crippen molar-refractivity contribution >= 4 is 5.91 Å². The van der Waals surface area contributed by atoms with Crippen molar-refractivity contribution in [2.45, 2.75) is 13.0 Å². The van der Waals surface area contributed by atoms with Crippen LogP contribution in [-0.4, -0.2) is 39.4 Å². The lowest BCUT2D eigenvalue weighted by Gasteiger charge is -2.06. The Hall–Kier alpha value is -1.43. The molecule has 1 amide bonds. The van der Waals surface area contributed by atoms with Crippen LogP contribution in [0.3, 0.4) is 0 Å². The Balaban J connectivity index is 2.16. The lowest BCUT2D eigenvalue weighted by atomic mass is 10.1. The summed E-state index contributed by atoms with van der Waals surface area (Å²) in [5, 5.41) is 2.85. The summed E-state index contributed by atoms with van der Waals surface area (Å²) in [5.74, 6) is -0.0690. The van der Waals surface area contributed by atoms with Gasteiger partial charge in [0.2, 0.25) is 0 Å². The molecule has 0 atom stereocenters. The third kappa shape index (κ3) is 6.33. The number of nitrogens with one attached hydrogen (secondary N) is 1. The highest BCUT2D eigenvalue weighted by Crippen LogP contribution is 2.03. The summed E-state index contributed by atoms with van der Waals surface area (Å²) in [6, 6.07) is 7.30. The van der Waals surface area contributed by atoms with Crippen LogP contribution < -0.4 is 11.1 Å². The predicted octanol–water partition coefficient (Wildman–Crippen LogP) is 0.928. The molecule has 1 aromatic rings. The zero-order chi connectivity index (χ0) is 13.9. The standard InChI is InChI=1S/C14H22N2O3/c1-18-9-10-19-8-2-7-16-14(17)13-5-3-12(11-15)4-6-13/h3-6H,2,7-11,15H2,1H3,(H,16,17). The van der Waals surface area contributed by atoms with Gasteiger partial charge in [0.05, 0.1) is 13.2 Å². The highest BCUT2D eigenvalue weighted by molar-refractivity contribution is 5.94. The molecule has 0 spiro atoms. The molecule has 0 aliphatic heterocycles. The van der Waals surface area contributed by atoms with E-state index in [4.69, 9.17) is 15.2 Å².